The Kier molecular flexibility index (Phi) is 6.66. The van der Waals surface area contributed by atoms with Gasteiger partial charge < -0.3 is 10.6 Å². The van der Waals surface area contributed by atoms with Crippen molar-refractivity contribution in [2.45, 2.75) is 39.4 Å². The Bertz CT molecular complexity index is 305. The lowest BCUT2D eigenvalue weighted by Gasteiger charge is -2.26. The molecule has 0 rings (SSSR count). The molecule has 0 aliphatic carbocycles. The van der Waals surface area contributed by atoms with Gasteiger partial charge in [0.1, 0.15) is 0 Å². The topological polar surface area (TPSA) is 63.4 Å². The molecule has 0 aliphatic rings. The van der Waals surface area contributed by atoms with Crippen LogP contribution in [0.1, 0.15) is 34.6 Å². The van der Waals surface area contributed by atoms with Crippen LogP contribution in [-0.4, -0.2) is 50.0 Å². The Balaban J connectivity index is 4.40. The molecule has 5 heteroatoms. The minimum Gasteiger partial charge on any atom is -0.329 e. The zero-order valence-electron chi connectivity index (χ0n) is 11.9. The lowest BCUT2D eigenvalue weighted by molar-refractivity contribution is 0.263. The third kappa shape index (κ3) is 6.38. The van der Waals surface area contributed by atoms with Gasteiger partial charge >= 0.3 is 0 Å². The Morgan fingerprint density at radius 2 is 1.71 bits per heavy atom. The maximum absolute atomic E-state index is 12.0. The van der Waals surface area contributed by atoms with Crippen molar-refractivity contribution in [1.29, 1.82) is 0 Å². The molecule has 0 aliphatic heterocycles. The fourth-order valence-electron chi connectivity index (χ4n) is 1.55. The standard InChI is InChI=1S/C12H28N2O2S/c1-11(2)10-14(7-6-13)8-9-17(15,16)12(3,4)5/h11H,6-10,13H2,1-5H3. The molecule has 17 heavy (non-hydrogen) atoms. The van der Waals surface area contributed by atoms with E-state index in [1.165, 1.54) is 0 Å². The molecule has 0 aromatic heterocycles. The summed E-state index contributed by atoms with van der Waals surface area (Å²) in [5.41, 5.74) is 5.54. The number of hydrogen-bond acceptors (Lipinski definition) is 4. The van der Waals surface area contributed by atoms with Gasteiger partial charge in [0.2, 0.25) is 0 Å². The lowest BCUT2D eigenvalue weighted by atomic mass is 10.2. The van der Waals surface area contributed by atoms with E-state index in [1.807, 2.05) is 0 Å². The van der Waals surface area contributed by atoms with Gasteiger partial charge in [0, 0.05) is 26.2 Å². The van der Waals surface area contributed by atoms with E-state index in [9.17, 15) is 8.42 Å². The zero-order chi connectivity index (χ0) is 13.7. The number of nitrogens with zero attached hydrogens (tertiary/aromatic N) is 1. The van der Waals surface area contributed by atoms with Gasteiger partial charge in [-0.25, -0.2) is 8.42 Å². The molecule has 4 nitrogen and oxygen atoms in total. The second-order valence-corrected chi connectivity index (χ2v) is 8.78. The Morgan fingerprint density at radius 3 is 2.06 bits per heavy atom. The predicted octanol–water partition coefficient (Wildman–Crippen LogP) is 1.12. The molecule has 0 bridgehead atoms. The van der Waals surface area contributed by atoms with Crippen LogP contribution in [0.4, 0.5) is 0 Å². The highest BCUT2D eigenvalue weighted by Crippen LogP contribution is 2.16. The Hall–Kier alpha value is -0.130. The highest BCUT2D eigenvalue weighted by atomic mass is 32.2. The van der Waals surface area contributed by atoms with E-state index in [-0.39, 0.29) is 5.75 Å². The third-order valence-corrected chi connectivity index (χ3v) is 5.26. The molecule has 0 saturated carbocycles. The van der Waals surface area contributed by atoms with Crippen molar-refractivity contribution in [1.82, 2.24) is 4.90 Å². The first-order valence-electron chi connectivity index (χ1n) is 6.25. The molecule has 0 radical (unpaired) electrons. The van der Waals surface area contributed by atoms with Gasteiger partial charge in [-0.05, 0) is 26.7 Å². The molecule has 0 fully saturated rings. The third-order valence-electron chi connectivity index (χ3n) is 2.68. The van der Waals surface area contributed by atoms with E-state index in [4.69, 9.17) is 5.73 Å². The van der Waals surface area contributed by atoms with Gasteiger partial charge in [-0.2, -0.15) is 0 Å². The Labute approximate surface area is 106 Å². The second kappa shape index (κ2) is 6.71. The van der Waals surface area contributed by atoms with E-state index < -0.39 is 14.6 Å². The van der Waals surface area contributed by atoms with Gasteiger partial charge in [0.05, 0.1) is 10.5 Å². The van der Waals surface area contributed by atoms with E-state index in [1.54, 1.807) is 20.8 Å². The van der Waals surface area contributed by atoms with Crippen LogP contribution in [0.3, 0.4) is 0 Å². The second-order valence-electron chi connectivity index (χ2n) is 5.91. The molecular weight excluding hydrogens is 236 g/mol. The fraction of sp³-hybridized carbons (Fsp3) is 1.00. The first-order valence-corrected chi connectivity index (χ1v) is 7.90. The van der Waals surface area contributed by atoms with E-state index in [0.717, 1.165) is 13.1 Å². The molecule has 0 unspecified atom stereocenters. The maximum Gasteiger partial charge on any atom is 0.156 e. The highest BCUT2D eigenvalue weighted by Gasteiger charge is 2.28. The maximum atomic E-state index is 12.0. The lowest BCUT2D eigenvalue weighted by Crippen LogP contribution is -2.39. The first-order chi connectivity index (χ1) is 7.60. The van der Waals surface area contributed by atoms with Crippen LogP contribution in [0.25, 0.3) is 0 Å². The summed E-state index contributed by atoms with van der Waals surface area (Å²) in [6, 6.07) is 0. The summed E-state index contributed by atoms with van der Waals surface area (Å²) in [6.07, 6.45) is 0. The van der Waals surface area contributed by atoms with Gasteiger partial charge in [-0.15, -0.1) is 0 Å². The largest absolute Gasteiger partial charge is 0.329 e. The quantitative estimate of drug-likeness (QED) is 0.748. The summed E-state index contributed by atoms with van der Waals surface area (Å²) in [7, 11) is -3.03. The first kappa shape index (κ1) is 16.9. The van der Waals surface area contributed by atoms with Crippen LogP contribution in [-0.2, 0) is 9.84 Å². The summed E-state index contributed by atoms with van der Waals surface area (Å²) in [5, 5.41) is 0. The number of rotatable bonds is 7. The summed E-state index contributed by atoms with van der Waals surface area (Å²) < 4.78 is 23.3. The summed E-state index contributed by atoms with van der Waals surface area (Å²) in [6.45, 7) is 12.3. The number of nitrogens with two attached hydrogens (primary N) is 1. The summed E-state index contributed by atoms with van der Waals surface area (Å²) in [5.74, 6) is 0.738. The smallest absolute Gasteiger partial charge is 0.156 e. The van der Waals surface area contributed by atoms with Crippen LogP contribution in [0.15, 0.2) is 0 Å². The molecular formula is C12H28N2O2S. The average molecular weight is 264 g/mol. The minimum absolute atomic E-state index is 0.212. The monoisotopic (exact) mass is 264 g/mol. The van der Waals surface area contributed by atoms with E-state index in [0.29, 0.717) is 19.0 Å². The van der Waals surface area contributed by atoms with Crippen LogP contribution >= 0.6 is 0 Å². The van der Waals surface area contributed by atoms with E-state index in [2.05, 4.69) is 18.7 Å². The Morgan fingerprint density at radius 1 is 1.18 bits per heavy atom. The molecule has 0 heterocycles. The van der Waals surface area contributed by atoms with Gasteiger partial charge in [0.25, 0.3) is 0 Å². The van der Waals surface area contributed by atoms with Crippen LogP contribution in [0.5, 0.6) is 0 Å². The molecule has 0 saturated heterocycles. The van der Waals surface area contributed by atoms with Crippen molar-refractivity contribution in [3.63, 3.8) is 0 Å². The normalized spacial score (nSPS) is 13.6. The van der Waals surface area contributed by atoms with Crippen LogP contribution in [0, 0.1) is 5.92 Å². The van der Waals surface area contributed by atoms with Gasteiger partial charge in [0.15, 0.2) is 9.84 Å². The van der Waals surface area contributed by atoms with Crippen molar-refractivity contribution in [2.24, 2.45) is 11.7 Å². The number of hydrogen-bond donors (Lipinski definition) is 1. The molecule has 0 amide bonds. The molecule has 104 valence electrons. The van der Waals surface area contributed by atoms with Crippen molar-refractivity contribution in [2.75, 3.05) is 31.9 Å². The predicted molar refractivity (Wildman–Crippen MR) is 73.9 cm³/mol. The molecule has 0 aromatic rings. The van der Waals surface area contributed by atoms with Crippen molar-refractivity contribution in [3.8, 4) is 0 Å². The van der Waals surface area contributed by atoms with Crippen LogP contribution < -0.4 is 5.73 Å². The van der Waals surface area contributed by atoms with Crippen molar-refractivity contribution < 1.29 is 8.42 Å². The van der Waals surface area contributed by atoms with Gasteiger partial charge in [-0.1, -0.05) is 13.8 Å². The SMILES string of the molecule is CC(C)CN(CCN)CCS(=O)(=O)C(C)(C)C. The summed E-state index contributed by atoms with van der Waals surface area (Å²) >= 11 is 0. The van der Waals surface area contributed by atoms with Gasteiger partial charge in [-0.3, -0.25) is 0 Å². The highest BCUT2D eigenvalue weighted by molar-refractivity contribution is 7.92. The fourth-order valence-corrected chi connectivity index (χ4v) is 2.66. The minimum atomic E-state index is -3.03. The molecule has 0 aromatic carbocycles. The van der Waals surface area contributed by atoms with E-state index >= 15 is 0 Å². The number of sulfone groups is 1. The van der Waals surface area contributed by atoms with Crippen LogP contribution in [0.2, 0.25) is 0 Å². The molecule has 0 spiro atoms. The average Bonchev–Trinajstić information content (AvgIpc) is 2.12. The van der Waals surface area contributed by atoms with Crippen molar-refractivity contribution >= 4 is 9.84 Å². The molecule has 2 N–H and O–H groups in total. The van der Waals surface area contributed by atoms with Crippen molar-refractivity contribution in [3.05, 3.63) is 0 Å². The zero-order valence-corrected chi connectivity index (χ0v) is 12.7. The molecule has 0 atom stereocenters. The summed E-state index contributed by atoms with van der Waals surface area (Å²) in [4.78, 5) is 2.13.